The van der Waals surface area contributed by atoms with Crippen molar-refractivity contribution in [3.05, 3.63) is 51.7 Å². The van der Waals surface area contributed by atoms with Gasteiger partial charge in [-0.15, -0.1) is 0 Å². The molecular weight excluding hydrogens is 348 g/mol. The lowest BCUT2D eigenvalue weighted by Gasteiger charge is -2.35. The molecule has 142 valence electrons. The van der Waals surface area contributed by atoms with E-state index >= 15 is 0 Å². The van der Waals surface area contributed by atoms with Gasteiger partial charge in [0.1, 0.15) is 5.82 Å². The molecule has 2 aromatic rings. The number of anilines is 2. The summed E-state index contributed by atoms with van der Waals surface area (Å²) in [6.45, 7) is 7.00. The number of hydrogen-bond donors (Lipinski definition) is 1. The molecule has 0 unspecified atom stereocenters. The highest BCUT2D eigenvalue weighted by atomic mass is 16.6. The summed E-state index contributed by atoms with van der Waals surface area (Å²) < 4.78 is 0. The highest BCUT2D eigenvalue weighted by Gasteiger charge is 2.24. The molecule has 9 heteroatoms. The molecule has 3 rings (SSSR count). The van der Waals surface area contributed by atoms with Gasteiger partial charge < -0.3 is 15.1 Å². The lowest BCUT2D eigenvalue weighted by Crippen LogP contribution is -2.49. The standard InChI is InChI=1S/C18H22N6O3/c1-3-19-18-20-13(2)11-16(21-18)22-7-9-23(10-8-22)17(25)14-5-4-6-15(12-14)24(26)27/h4-6,11-12H,3,7-10H2,1-2H3,(H,19,20,21). The van der Waals surface area contributed by atoms with Crippen LogP contribution >= 0.6 is 0 Å². The summed E-state index contributed by atoms with van der Waals surface area (Å²) in [5.74, 6) is 1.24. The minimum Gasteiger partial charge on any atom is -0.354 e. The van der Waals surface area contributed by atoms with E-state index in [1.54, 1.807) is 11.0 Å². The van der Waals surface area contributed by atoms with E-state index in [4.69, 9.17) is 0 Å². The van der Waals surface area contributed by atoms with Gasteiger partial charge in [0.2, 0.25) is 5.95 Å². The molecule has 1 amide bonds. The molecule has 1 aromatic heterocycles. The Bertz CT molecular complexity index is 849. The van der Waals surface area contributed by atoms with Crippen molar-refractivity contribution >= 4 is 23.4 Å². The van der Waals surface area contributed by atoms with Crippen molar-refractivity contribution in [2.24, 2.45) is 0 Å². The maximum absolute atomic E-state index is 12.7. The Balaban J connectivity index is 1.67. The van der Waals surface area contributed by atoms with Gasteiger partial charge in [0.15, 0.2) is 0 Å². The van der Waals surface area contributed by atoms with Crippen LogP contribution in [0.4, 0.5) is 17.5 Å². The molecule has 1 N–H and O–H groups in total. The number of hydrogen-bond acceptors (Lipinski definition) is 7. The first-order valence-electron chi connectivity index (χ1n) is 8.86. The molecule has 0 bridgehead atoms. The number of amides is 1. The number of aryl methyl sites for hydroxylation is 1. The summed E-state index contributed by atoms with van der Waals surface area (Å²) in [4.78, 5) is 35.8. The predicted octanol–water partition coefficient (Wildman–Crippen LogP) is 2.09. The quantitative estimate of drug-likeness (QED) is 0.635. The van der Waals surface area contributed by atoms with Crippen LogP contribution in [-0.4, -0.2) is 58.4 Å². The third-order valence-electron chi connectivity index (χ3n) is 4.37. The normalized spacial score (nSPS) is 14.1. The van der Waals surface area contributed by atoms with Crippen LogP contribution in [0.15, 0.2) is 30.3 Å². The first kappa shape index (κ1) is 18.6. The van der Waals surface area contributed by atoms with Gasteiger partial charge in [-0.3, -0.25) is 14.9 Å². The first-order chi connectivity index (χ1) is 13.0. The molecule has 2 heterocycles. The maximum atomic E-state index is 12.7. The monoisotopic (exact) mass is 370 g/mol. The zero-order chi connectivity index (χ0) is 19.4. The summed E-state index contributed by atoms with van der Waals surface area (Å²) in [5.41, 5.74) is 1.14. The number of non-ortho nitro benzene ring substituents is 1. The van der Waals surface area contributed by atoms with Gasteiger partial charge in [-0.25, -0.2) is 4.98 Å². The zero-order valence-electron chi connectivity index (χ0n) is 15.4. The molecule has 1 saturated heterocycles. The molecule has 0 atom stereocenters. The van der Waals surface area contributed by atoms with Gasteiger partial charge in [0.25, 0.3) is 11.6 Å². The van der Waals surface area contributed by atoms with Gasteiger partial charge in [0, 0.05) is 62.2 Å². The Morgan fingerprint density at radius 3 is 2.63 bits per heavy atom. The molecular formula is C18H22N6O3. The zero-order valence-corrected chi connectivity index (χ0v) is 15.4. The van der Waals surface area contributed by atoms with E-state index in [1.165, 1.54) is 18.2 Å². The van der Waals surface area contributed by atoms with Crippen LogP contribution in [0.2, 0.25) is 0 Å². The number of piperazine rings is 1. The smallest absolute Gasteiger partial charge is 0.270 e. The third-order valence-corrected chi connectivity index (χ3v) is 4.37. The summed E-state index contributed by atoms with van der Waals surface area (Å²) >= 11 is 0. The number of carbonyl (C=O) groups excluding carboxylic acids is 1. The SMILES string of the molecule is CCNc1nc(C)cc(N2CCN(C(=O)c3cccc([N+](=O)[O-])c3)CC2)n1. The molecule has 0 spiro atoms. The van der Waals surface area contributed by atoms with Crippen LogP contribution in [0, 0.1) is 17.0 Å². The summed E-state index contributed by atoms with van der Waals surface area (Å²) in [6.07, 6.45) is 0. The summed E-state index contributed by atoms with van der Waals surface area (Å²) in [6, 6.07) is 7.78. The number of nitro groups is 1. The average Bonchev–Trinajstić information content (AvgIpc) is 2.67. The van der Waals surface area contributed by atoms with Gasteiger partial charge in [-0.05, 0) is 19.9 Å². The Labute approximate surface area is 157 Å². The minimum atomic E-state index is -0.492. The van der Waals surface area contributed by atoms with E-state index < -0.39 is 4.92 Å². The number of aromatic nitrogens is 2. The van der Waals surface area contributed by atoms with Gasteiger partial charge in [-0.1, -0.05) is 6.07 Å². The van der Waals surface area contributed by atoms with E-state index in [-0.39, 0.29) is 11.6 Å². The van der Waals surface area contributed by atoms with Crippen LogP contribution in [0.25, 0.3) is 0 Å². The molecule has 0 radical (unpaired) electrons. The lowest BCUT2D eigenvalue weighted by molar-refractivity contribution is -0.384. The first-order valence-corrected chi connectivity index (χ1v) is 8.86. The summed E-state index contributed by atoms with van der Waals surface area (Å²) in [5, 5.41) is 14.0. The van der Waals surface area contributed by atoms with E-state index in [0.29, 0.717) is 37.7 Å². The van der Waals surface area contributed by atoms with Crippen molar-refractivity contribution < 1.29 is 9.72 Å². The van der Waals surface area contributed by atoms with Crippen LogP contribution in [0.3, 0.4) is 0 Å². The van der Waals surface area contributed by atoms with Crippen LogP contribution < -0.4 is 10.2 Å². The van der Waals surface area contributed by atoms with E-state index in [1.807, 2.05) is 19.9 Å². The molecule has 1 aliphatic rings. The number of nitro benzene ring substituents is 1. The van der Waals surface area contributed by atoms with Crippen molar-refractivity contribution in [2.75, 3.05) is 42.9 Å². The van der Waals surface area contributed by atoms with Crippen molar-refractivity contribution in [1.29, 1.82) is 0 Å². The van der Waals surface area contributed by atoms with Crippen LogP contribution in [0.5, 0.6) is 0 Å². The maximum Gasteiger partial charge on any atom is 0.270 e. The Kier molecular flexibility index (Phi) is 5.49. The number of nitrogens with one attached hydrogen (secondary N) is 1. The molecule has 0 saturated carbocycles. The highest BCUT2D eigenvalue weighted by Crippen LogP contribution is 2.19. The van der Waals surface area contributed by atoms with Crippen molar-refractivity contribution in [1.82, 2.24) is 14.9 Å². The Morgan fingerprint density at radius 2 is 1.96 bits per heavy atom. The average molecular weight is 370 g/mol. The fourth-order valence-electron chi connectivity index (χ4n) is 3.02. The highest BCUT2D eigenvalue weighted by molar-refractivity contribution is 5.95. The van der Waals surface area contributed by atoms with Gasteiger partial charge in [0.05, 0.1) is 4.92 Å². The summed E-state index contributed by atoms with van der Waals surface area (Å²) in [7, 11) is 0. The Hall–Kier alpha value is -3.23. The van der Waals surface area contributed by atoms with Crippen molar-refractivity contribution in [3.8, 4) is 0 Å². The second-order valence-electron chi connectivity index (χ2n) is 6.31. The van der Waals surface area contributed by atoms with Crippen LogP contribution in [0.1, 0.15) is 23.0 Å². The number of benzene rings is 1. The Morgan fingerprint density at radius 1 is 1.22 bits per heavy atom. The van der Waals surface area contributed by atoms with Crippen molar-refractivity contribution in [3.63, 3.8) is 0 Å². The number of carbonyl (C=O) groups is 1. The third kappa shape index (κ3) is 4.30. The van der Waals surface area contributed by atoms with Gasteiger partial charge >= 0.3 is 0 Å². The largest absolute Gasteiger partial charge is 0.354 e. The number of nitrogens with zero attached hydrogens (tertiary/aromatic N) is 5. The molecule has 1 aromatic carbocycles. The second kappa shape index (κ2) is 7.98. The molecule has 27 heavy (non-hydrogen) atoms. The van der Waals surface area contributed by atoms with Gasteiger partial charge in [-0.2, -0.15) is 4.98 Å². The van der Waals surface area contributed by atoms with E-state index in [9.17, 15) is 14.9 Å². The molecule has 1 fully saturated rings. The topological polar surface area (TPSA) is 105 Å². The minimum absolute atomic E-state index is 0.0769. The lowest BCUT2D eigenvalue weighted by atomic mass is 10.1. The fraction of sp³-hybridized carbons (Fsp3) is 0.389. The molecule has 0 aliphatic carbocycles. The fourth-order valence-corrected chi connectivity index (χ4v) is 3.02. The van der Waals surface area contributed by atoms with E-state index in [0.717, 1.165) is 18.1 Å². The van der Waals surface area contributed by atoms with Crippen molar-refractivity contribution in [2.45, 2.75) is 13.8 Å². The number of rotatable bonds is 5. The molecule has 1 aliphatic heterocycles. The molecule has 9 nitrogen and oxygen atoms in total. The predicted molar refractivity (Wildman–Crippen MR) is 102 cm³/mol. The van der Waals surface area contributed by atoms with Crippen LogP contribution in [-0.2, 0) is 0 Å². The van der Waals surface area contributed by atoms with E-state index in [2.05, 4.69) is 20.2 Å². The second-order valence-corrected chi connectivity index (χ2v) is 6.31.